The molecule has 0 aliphatic heterocycles. The second kappa shape index (κ2) is 5.91. The molecule has 1 N–H and O–H groups in total. The molecule has 1 aliphatic rings. The molecule has 1 aromatic heterocycles. The number of rotatable bonds is 4. The first-order valence-corrected chi connectivity index (χ1v) is 8.88. The number of hydrogen-bond donors (Lipinski definition) is 1. The first-order valence-electron chi connectivity index (χ1n) is 6.62. The number of aliphatic hydroxyl groups excluding tert-OH is 1. The minimum absolute atomic E-state index is 0.106. The Kier molecular flexibility index (Phi) is 4.66. The fraction of sp³-hybridized carbons (Fsp3) is 0.692. The molecule has 1 saturated carbocycles. The van der Waals surface area contributed by atoms with Crippen molar-refractivity contribution in [2.75, 3.05) is 7.05 Å². The van der Waals surface area contributed by atoms with Gasteiger partial charge in [-0.25, -0.2) is 8.42 Å². The molecule has 0 amide bonds. The highest BCUT2D eigenvalue weighted by Crippen LogP contribution is 2.31. The van der Waals surface area contributed by atoms with E-state index in [2.05, 4.69) is 6.92 Å². The van der Waals surface area contributed by atoms with Gasteiger partial charge in [0.25, 0.3) is 10.0 Å². The van der Waals surface area contributed by atoms with Crippen molar-refractivity contribution in [1.82, 2.24) is 4.31 Å². The van der Waals surface area contributed by atoms with Crippen molar-refractivity contribution in [1.29, 1.82) is 0 Å². The maximum atomic E-state index is 12.5. The van der Waals surface area contributed by atoms with Crippen molar-refractivity contribution in [2.45, 2.75) is 49.5 Å². The Bertz CT molecular complexity index is 516. The molecular formula is C13H21NO3S2. The number of hydrogen-bond acceptors (Lipinski definition) is 4. The van der Waals surface area contributed by atoms with Crippen LogP contribution in [0.1, 0.15) is 37.5 Å². The Morgan fingerprint density at radius 2 is 1.95 bits per heavy atom. The van der Waals surface area contributed by atoms with Crippen molar-refractivity contribution >= 4 is 21.4 Å². The van der Waals surface area contributed by atoms with Gasteiger partial charge < -0.3 is 5.11 Å². The van der Waals surface area contributed by atoms with Crippen molar-refractivity contribution in [3.63, 3.8) is 0 Å². The molecule has 0 bridgehead atoms. The van der Waals surface area contributed by atoms with Crippen LogP contribution in [0.15, 0.2) is 16.3 Å². The van der Waals surface area contributed by atoms with E-state index in [0.717, 1.165) is 37.0 Å². The highest BCUT2D eigenvalue weighted by molar-refractivity contribution is 7.91. The molecule has 4 nitrogen and oxygen atoms in total. The van der Waals surface area contributed by atoms with Gasteiger partial charge in [-0.05, 0) is 43.7 Å². The molecular weight excluding hydrogens is 282 g/mol. The van der Waals surface area contributed by atoms with Gasteiger partial charge in [0, 0.05) is 18.0 Å². The SMILES string of the molecule is CC1CCC(N(C)S(=O)(=O)c2ccc(CO)s2)CC1. The zero-order valence-corrected chi connectivity index (χ0v) is 13.0. The molecule has 0 unspecified atom stereocenters. The van der Waals surface area contributed by atoms with E-state index in [0.29, 0.717) is 15.0 Å². The van der Waals surface area contributed by atoms with Crippen LogP contribution in [0.3, 0.4) is 0 Å². The van der Waals surface area contributed by atoms with Crippen molar-refractivity contribution in [3.05, 3.63) is 17.0 Å². The van der Waals surface area contributed by atoms with E-state index in [1.165, 1.54) is 4.31 Å². The average molecular weight is 303 g/mol. The molecule has 0 spiro atoms. The quantitative estimate of drug-likeness (QED) is 0.929. The highest BCUT2D eigenvalue weighted by atomic mass is 32.2. The summed E-state index contributed by atoms with van der Waals surface area (Å²) in [6, 6.07) is 3.38. The lowest BCUT2D eigenvalue weighted by Gasteiger charge is -2.32. The largest absolute Gasteiger partial charge is 0.391 e. The monoisotopic (exact) mass is 303 g/mol. The minimum atomic E-state index is -3.40. The van der Waals surface area contributed by atoms with Crippen LogP contribution in [0.25, 0.3) is 0 Å². The molecule has 0 radical (unpaired) electrons. The molecule has 0 aromatic carbocycles. The molecule has 2 rings (SSSR count). The van der Waals surface area contributed by atoms with Crippen LogP contribution in [0.5, 0.6) is 0 Å². The number of nitrogens with zero attached hydrogens (tertiary/aromatic N) is 1. The van der Waals surface area contributed by atoms with E-state index < -0.39 is 10.0 Å². The Morgan fingerprint density at radius 3 is 2.47 bits per heavy atom. The second-order valence-electron chi connectivity index (χ2n) is 5.31. The lowest BCUT2D eigenvalue weighted by molar-refractivity contribution is 0.246. The van der Waals surface area contributed by atoms with E-state index in [9.17, 15) is 8.42 Å². The van der Waals surface area contributed by atoms with Gasteiger partial charge in [0.2, 0.25) is 0 Å². The van der Waals surface area contributed by atoms with Crippen LogP contribution in [0, 0.1) is 5.92 Å². The van der Waals surface area contributed by atoms with Crippen LogP contribution in [0.4, 0.5) is 0 Å². The predicted octanol–water partition coefficient (Wildman–Crippen LogP) is 2.44. The second-order valence-corrected chi connectivity index (χ2v) is 8.71. The van der Waals surface area contributed by atoms with Crippen molar-refractivity contribution in [3.8, 4) is 0 Å². The Balaban J connectivity index is 2.14. The summed E-state index contributed by atoms with van der Waals surface area (Å²) in [5, 5.41) is 9.04. The smallest absolute Gasteiger partial charge is 0.252 e. The third-order valence-corrected chi connectivity index (χ3v) is 7.37. The molecule has 6 heteroatoms. The maximum absolute atomic E-state index is 12.5. The summed E-state index contributed by atoms with van der Waals surface area (Å²) in [6.07, 6.45) is 4.07. The van der Waals surface area contributed by atoms with Crippen LogP contribution >= 0.6 is 11.3 Å². The standard InChI is InChI=1S/C13H21NO3S2/c1-10-3-5-11(6-4-10)14(2)19(16,17)13-8-7-12(9-15)18-13/h7-8,10-11,15H,3-6,9H2,1-2H3. The van der Waals surface area contributed by atoms with Crippen LogP contribution in [-0.4, -0.2) is 30.9 Å². The van der Waals surface area contributed by atoms with Crippen LogP contribution in [-0.2, 0) is 16.6 Å². The van der Waals surface area contributed by atoms with E-state index >= 15 is 0 Å². The summed E-state index contributed by atoms with van der Waals surface area (Å²) in [4.78, 5) is 0.684. The van der Waals surface area contributed by atoms with Gasteiger partial charge in [-0.3, -0.25) is 0 Å². The van der Waals surface area contributed by atoms with Gasteiger partial charge in [-0.2, -0.15) is 4.31 Å². The van der Waals surface area contributed by atoms with Crippen LogP contribution < -0.4 is 0 Å². The van der Waals surface area contributed by atoms with E-state index in [1.54, 1.807) is 19.2 Å². The third-order valence-electron chi connectivity index (χ3n) is 3.93. The lowest BCUT2D eigenvalue weighted by atomic mass is 9.87. The zero-order valence-electron chi connectivity index (χ0n) is 11.4. The normalized spacial score (nSPS) is 24.8. The first kappa shape index (κ1) is 15.0. The van der Waals surface area contributed by atoms with Gasteiger partial charge in [0.15, 0.2) is 0 Å². The van der Waals surface area contributed by atoms with Gasteiger partial charge in [0.1, 0.15) is 4.21 Å². The van der Waals surface area contributed by atoms with Crippen molar-refractivity contribution < 1.29 is 13.5 Å². The Labute approximate surface area is 119 Å². The first-order chi connectivity index (χ1) is 8.95. The minimum Gasteiger partial charge on any atom is -0.391 e. The maximum Gasteiger partial charge on any atom is 0.252 e. The third kappa shape index (κ3) is 3.18. The molecule has 1 aromatic rings. The average Bonchev–Trinajstić information content (AvgIpc) is 2.88. The molecule has 1 fully saturated rings. The van der Waals surface area contributed by atoms with Crippen molar-refractivity contribution in [2.24, 2.45) is 5.92 Å². The molecule has 1 heterocycles. The fourth-order valence-electron chi connectivity index (χ4n) is 2.53. The van der Waals surface area contributed by atoms with E-state index in [1.807, 2.05) is 0 Å². The fourth-order valence-corrected chi connectivity index (χ4v) is 5.34. The van der Waals surface area contributed by atoms with Gasteiger partial charge >= 0.3 is 0 Å². The number of thiophene rings is 1. The summed E-state index contributed by atoms with van der Waals surface area (Å²) in [5.41, 5.74) is 0. The van der Waals surface area contributed by atoms with Gasteiger partial charge in [-0.1, -0.05) is 6.92 Å². The zero-order chi connectivity index (χ0) is 14.0. The molecule has 19 heavy (non-hydrogen) atoms. The highest BCUT2D eigenvalue weighted by Gasteiger charge is 2.31. The summed E-state index contributed by atoms with van der Waals surface area (Å²) in [6.45, 7) is 2.11. The lowest BCUT2D eigenvalue weighted by Crippen LogP contribution is -2.38. The molecule has 1 aliphatic carbocycles. The van der Waals surface area contributed by atoms with Gasteiger partial charge in [-0.15, -0.1) is 11.3 Å². The van der Waals surface area contributed by atoms with Gasteiger partial charge in [0.05, 0.1) is 6.61 Å². The molecule has 0 saturated heterocycles. The molecule has 108 valence electrons. The summed E-state index contributed by atoms with van der Waals surface area (Å²) in [5.74, 6) is 0.704. The van der Waals surface area contributed by atoms with E-state index in [-0.39, 0.29) is 12.6 Å². The number of sulfonamides is 1. The molecule has 0 atom stereocenters. The Morgan fingerprint density at radius 1 is 1.32 bits per heavy atom. The predicted molar refractivity (Wildman–Crippen MR) is 76.6 cm³/mol. The van der Waals surface area contributed by atoms with Crippen LogP contribution in [0.2, 0.25) is 0 Å². The Hall–Kier alpha value is -0.430. The number of aliphatic hydroxyl groups is 1. The topological polar surface area (TPSA) is 57.6 Å². The summed E-state index contributed by atoms with van der Waals surface area (Å²) < 4.78 is 26.8. The summed E-state index contributed by atoms with van der Waals surface area (Å²) in [7, 11) is -1.73. The van der Waals surface area contributed by atoms with E-state index in [4.69, 9.17) is 5.11 Å². The summed E-state index contributed by atoms with van der Waals surface area (Å²) >= 11 is 1.15.